The maximum Gasteiger partial charge on any atom is 0.220 e. The van der Waals surface area contributed by atoms with Gasteiger partial charge in [0.05, 0.1) is 6.04 Å². The third-order valence-corrected chi connectivity index (χ3v) is 3.39. The molecule has 1 unspecified atom stereocenters. The molecule has 0 heterocycles. The number of hydrogen-bond acceptors (Lipinski definition) is 2. The minimum absolute atomic E-state index is 0.0294. The molecule has 112 valence electrons. The summed E-state index contributed by atoms with van der Waals surface area (Å²) >= 11 is 0. The van der Waals surface area contributed by atoms with Gasteiger partial charge in [-0.25, -0.2) is 0 Å². The molecule has 19 heavy (non-hydrogen) atoms. The molecule has 0 aliphatic carbocycles. The Balaban J connectivity index is 3.49. The largest absolute Gasteiger partial charge is 0.347 e. The van der Waals surface area contributed by atoms with Crippen LogP contribution < -0.4 is 5.32 Å². The summed E-state index contributed by atoms with van der Waals surface area (Å²) in [6.07, 6.45) is 12.7. The highest BCUT2D eigenvalue weighted by Gasteiger charge is 2.09. The standard InChI is InChI=1S/C16H31NO2/c1-3-5-7-8-9-10-11-13-16(19)17-15(14-18)12-6-4-2/h14-15H,3-13H2,1-2H3,(H,17,19). The first-order valence-corrected chi connectivity index (χ1v) is 7.99. The van der Waals surface area contributed by atoms with Crippen LogP contribution in [0.15, 0.2) is 0 Å². The molecule has 0 radical (unpaired) electrons. The fourth-order valence-corrected chi connectivity index (χ4v) is 2.12. The minimum Gasteiger partial charge on any atom is -0.347 e. The highest BCUT2D eigenvalue weighted by atomic mass is 16.2. The van der Waals surface area contributed by atoms with Gasteiger partial charge in [-0.3, -0.25) is 4.79 Å². The van der Waals surface area contributed by atoms with Crippen LogP contribution in [0.2, 0.25) is 0 Å². The molecule has 0 saturated heterocycles. The third-order valence-electron chi connectivity index (χ3n) is 3.39. The molecule has 0 aromatic heterocycles. The molecule has 1 amide bonds. The summed E-state index contributed by atoms with van der Waals surface area (Å²) in [5.74, 6) is 0.0294. The van der Waals surface area contributed by atoms with E-state index in [-0.39, 0.29) is 11.9 Å². The van der Waals surface area contributed by atoms with E-state index in [0.29, 0.717) is 6.42 Å². The zero-order valence-corrected chi connectivity index (χ0v) is 12.7. The molecule has 1 atom stereocenters. The predicted molar refractivity (Wildman–Crippen MR) is 80.1 cm³/mol. The molecule has 0 rings (SSSR count). The number of unbranched alkanes of at least 4 members (excludes halogenated alkanes) is 7. The zero-order chi connectivity index (χ0) is 14.3. The average molecular weight is 269 g/mol. The Kier molecular flexibility index (Phi) is 13.0. The Morgan fingerprint density at radius 1 is 0.947 bits per heavy atom. The number of hydrogen-bond donors (Lipinski definition) is 1. The molecule has 3 heteroatoms. The molecule has 0 aliphatic heterocycles. The van der Waals surface area contributed by atoms with Gasteiger partial charge in [-0.2, -0.15) is 0 Å². The van der Waals surface area contributed by atoms with Crippen molar-refractivity contribution in [1.29, 1.82) is 0 Å². The maximum atomic E-state index is 11.6. The van der Waals surface area contributed by atoms with Crippen LogP contribution >= 0.6 is 0 Å². The van der Waals surface area contributed by atoms with E-state index >= 15 is 0 Å². The molecule has 3 nitrogen and oxygen atoms in total. The lowest BCUT2D eigenvalue weighted by molar-refractivity contribution is -0.124. The molecule has 1 N–H and O–H groups in total. The molecule has 0 aromatic carbocycles. The highest BCUT2D eigenvalue weighted by Crippen LogP contribution is 2.08. The first-order valence-electron chi connectivity index (χ1n) is 7.99. The quantitative estimate of drug-likeness (QED) is 0.406. The van der Waals surface area contributed by atoms with E-state index in [0.717, 1.165) is 38.4 Å². The van der Waals surface area contributed by atoms with Gasteiger partial charge in [0.15, 0.2) is 0 Å². The summed E-state index contributed by atoms with van der Waals surface area (Å²) in [6, 6.07) is -0.281. The maximum absolute atomic E-state index is 11.6. The Bertz CT molecular complexity index is 229. The molecule has 0 aromatic rings. The first-order chi connectivity index (χ1) is 9.24. The number of nitrogens with one attached hydrogen (secondary N) is 1. The molecular weight excluding hydrogens is 238 g/mol. The number of aldehydes is 1. The van der Waals surface area contributed by atoms with Crippen LogP contribution in [0.5, 0.6) is 0 Å². The molecule has 0 fully saturated rings. The van der Waals surface area contributed by atoms with Gasteiger partial charge in [-0.15, -0.1) is 0 Å². The number of carbonyl (C=O) groups is 2. The lowest BCUT2D eigenvalue weighted by Gasteiger charge is -2.12. The summed E-state index contributed by atoms with van der Waals surface area (Å²) in [7, 11) is 0. The van der Waals surface area contributed by atoms with Gasteiger partial charge in [0.25, 0.3) is 0 Å². The SMILES string of the molecule is CCCCCCCCCC(=O)NC(C=O)CCCC. The summed E-state index contributed by atoms with van der Waals surface area (Å²) in [4.78, 5) is 22.4. The Morgan fingerprint density at radius 2 is 1.53 bits per heavy atom. The van der Waals surface area contributed by atoms with Crippen LogP contribution in [0.25, 0.3) is 0 Å². The molecule has 0 spiro atoms. The second kappa shape index (κ2) is 13.6. The van der Waals surface area contributed by atoms with E-state index in [1.165, 1.54) is 32.1 Å². The van der Waals surface area contributed by atoms with Gasteiger partial charge >= 0.3 is 0 Å². The van der Waals surface area contributed by atoms with Gasteiger partial charge in [0, 0.05) is 6.42 Å². The van der Waals surface area contributed by atoms with Crippen LogP contribution in [-0.4, -0.2) is 18.2 Å². The van der Waals surface area contributed by atoms with E-state index in [2.05, 4.69) is 19.2 Å². The third kappa shape index (κ3) is 11.9. The van der Waals surface area contributed by atoms with Gasteiger partial charge in [-0.1, -0.05) is 65.2 Å². The summed E-state index contributed by atoms with van der Waals surface area (Å²) in [5.41, 5.74) is 0. The van der Waals surface area contributed by atoms with Crippen LogP contribution in [0.4, 0.5) is 0 Å². The normalized spacial score (nSPS) is 12.1. The van der Waals surface area contributed by atoms with Crippen molar-refractivity contribution >= 4 is 12.2 Å². The van der Waals surface area contributed by atoms with E-state index in [1.807, 2.05) is 0 Å². The van der Waals surface area contributed by atoms with Crippen LogP contribution in [-0.2, 0) is 9.59 Å². The molecule has 0 saturated carbocycles. The van der Waals surface area contributed by atoms with Crippen molar-refractivity contribution < 1.29 is 9.59 Å². The topological polar surface area (TPSA) is 46.2 Å². The number of carbonyl (C=O) groups excluding carboxylic acids is 2. The molecule has 0 bridgehead atoms. The second-order valence-electron chi connectivity index (χ2n) is 5.32. The molecular formula is C16H31NO2. The minimum atomic E-state index is -0.281. The summed E-state index contributed by atoms with van der Waals surface area (Å²) < 4.78 is 0. The molecule has 0 aliphatic rings. The summed E-state index contributed by atoms with van der Waals surface area (Å²) in [5, 5.41) is 2.81. The Labute approximate surface area is 118 Å². The lowest BCUT2D eigenvalue weighted by atomic mass is 10.1. The van der Waals surface area contributed by atoms with Crippen LogP contribution in [0.3, 0.4) is 0 Å². The average Bonchev–Trinajstić information content (AvgIpc) is 2.42. The van der Waals surface area contributed by atoms with Crippen molar-refractivity contribution in [3.8, 4) is 0 Å². The van der Waals surface area contributed by atoms with Crippen LogP contribution in [0, 0.1) is 0 Å². The van der Waals surface area contributed by atoms with E-state index < -0.39 is 0 Å². The highest BCUT2D eigenvalue weighted by molar-refractivity contribution is 5.79. The monoisotopic (exact) mass is 269 g/mol. The number of rotatable bonds is 13. The van der Waals surface area contributed by atoms with Gasteiger partial charge in [0.2, 0.25) is 5.91 Å². The predicted octanol–water partition coefficient (Wildman–Crippen LogP) is 4.00. The van der Waals surface area contributed by atoms with Crippen molar-refractivity contribution in [3.63, 3.8) is 0 Å². The van der Waals surface area contributed by atoms with Crippen molar-refractivity contribution in [2.75, 3.05) is 0 Å². The van der Waals surface area contributed by atoms with E-state index in [9.17, 15) is 9.59 Å². The first kappa shape index (κ1) is 18.1. The second-order valence-corrected chi connectivity index (χ2v) is 5.32. The van der Waals surface area contributed by atoms with Gasteiger partial charge in [-0.05, 0) is 12.8 Å². The van der Waals surface area contributed by atoms with E-state index in [4.69, 9.17) is 0 Å². The summed E-state index contributed by atoms with van der Waals surface area (Å²) in [6.45, 7) is 4.30. The fraction of sp³-hybridized carbons (Fsp3) is 0.875. The van der Waals surface area contributed by atoms with E-state index in [1.54, 1.807) is 0 Å². The van der Waals surface area contributed by atoms with Crippen molar-refractivity contribution in [1.82, 2.24) is 5.32 Å². The Hall–Kier alpha value is -0.860. The van der Waals surface area contributed by atoms with Crippen molar-refractivity contribution in [2.45, 2.75) is 90.5 Å². The van der Waals surface area contributed by atoms with Crippen LogP contribution in [0.1, 0.15) is 84.5 Å². The lowest BCUT2D eigenvalue weighted by Crippen LogP contribution is -2.35. The van der Waals surface area contributed by atoms with Crippen molar-refractivity contribution in [2.24, 2.45) is 0 Å². The number of amides is 1. The fourth-order valence-electron chi connectivity index (χ4n) is 2.12. The van der Waals surface area contributed by atoms with Crippen molar-refractivity contribution in [3.05, 3.63) is 0 Å². The Morgan fingerprint density at radius 3 is 2.11 bits per heavy atom. The smallest absolute Gasteiger partial charge is 0.220 e. The van der Waals surface area contributed by atoms with Gasteiger partial charge in [0.1, 0.15) is 6.29 Å². The van der Waals surface area contributed by atoms with Gasteiger partial charge < -0.3 is 10.1 Å². The zero-order valence-electron chi connectivity index (χ0n) is 12.7.